The van der Waals surface area contributed by atoms with Gasteiger partial charge in [-0.05, 0) is 12.8 Å². The van der Waals surface area contributed by atoms with Gasteiger partial charge in [-0.25, -0.2) is 0 Å². The van der Waals surface area contributed by atoms with Gasteiger partial charge >= 0.3 is 29.0 Å². The largest absolute Gasteiger partial charge is 2.00 e. The fraction of sp³-hybridized carbons (Fsp3) is 0.545. The summed E-state index contributed by atoms with van der Waals surface area (Å²) in [5.74, 6) is -6.39. The van der Waals surface area contributed by atoms with Crippen LogP contribution >= 0.6 is 0 Å². The van der Waals surface area contributed by atoms with Crippen LogP contribution in [0.2, 0.25) is 0 Å². The molecule has 0 bridgehead atoms. The second kappa shape index (κ2) is 10.8. The summed E-state index contributed by atoms with van der Waals surface area (Å²) < 4.78 is 0. The van der Waals surface area contributed by atoms with Crippen LogP contribution in [0.15, 0.2) is 0 Å². The fourth-order valence-corrected chi connectivity index (χ4v) is 1.41. The Kier molecular flexibility index (Phi) is 11.0. The van der Waals surface area contributed by atoms with E-state index in [1.165, 1.54) is 0 Å². The van der Waals surface area contributed by atoms with Gasteiger partial charge in [-0.1, -0.05) is 0 Å². The molecule has 0 aromatic carbocycles. The second-order valence-electron chi connectivity index (χ2n) is 4.14. The summed E-state index contributed by atoms with van der Waals surface area (Å²) in [6.07, 6.45) is -1.88. The number of hydrogen-bond donors (Lipinski definition) is 3. The van der Waals surface area contributed by atoms with Gasteiger partial charge in [-0.3, -0.25) is 14.4 Å². The van der Waals surface area contributed by atoms with Crippen molar-refractivity contribution < 1.29 is 39.3 Å². The number of carbonyl (C=O) groups is 5. The van der Waals surface area contributed by atoms with Crippen molar-refractivity contribution >= 4 is 52.8 Å². The van der Waals surface area contributed by atoms with E-state index in [-0.39, 0.29) is 23.1 Å². The first-order valence-electron chi connectivity index (χ1n) is 5.83. The molecule has 0 spiro atoms. The SMILES string of the molecule is CC(=O)N[C@@H](CC(=O)O)C(=O)N[C@H](CCC(=O)[O-])C(=O)[O-].[Mg+2]. The Hall–Kier alpha value is -1.88. The fourth-order valence-electron chi connectivity index (χ4n) is 1.41. The molecule has 0 saturated carbocycles. The molecule has 0 aromatic heterocycles. The van der Waals surface area contributed by atoms with Crippen LogP contribution in [0.1, 0.15) is 26.2 Å². The molecule has 0 aliphatic rings. The standard InChI is InChI=1S/C11H16N2O8.Mg/c1-5(14)12-7(4-9(17)18)10(19)13-6(11(20)21)2-3-8(15)16;/h6-7H,2-4H2,1H3,(H,12,14)(H,13,19)(H,15,16)(H,17,18)(H,20,21);/q;+2/p-2/t6-,7+;/m1./s1. The van der Waals surface area contributed by atoms with E-state index in [0.29, 0.717) is 0 Å². The molecule has 2 atom stereocenters. The molecule has 118 valence electrons. The molecule has 0 aliphatic carbocycles. The predicted molar refractivity (Wildman–Crippen MR) is 66.8 cm³/mol. The monoisotopic (exact) mass is 326 g/mol. The number of amides is 2. The van der Waals surface area contributed by atoms with E-state index in [0.717, 1.165) is 6.92 Å². The van der Waals surface area contributed by atoms with Crippen LogP contribution in [-0.2, 0) is 24.0 Å². The third kappa shape index (κ3) is 9.93. The number of hydrogen-bond acceptors (Lipinski definition) is 7. The summed E-state index contributed by atoms with van der Waals surface area (Å²) in [7, 11) is 0. The summed E-state index contributed by atoms with van der Waals surface area (Å²) in [4.78, 5) is 54.2. The summed E-state index contributed by atoms with van der Waals surface area (Å²) >= 11 is 0. The third-order valence-electron chi connectivity index (χ3n) is 2.31. The molecule has 0 fully saturated rings. The van der Waals surface area contributed by atoms with E-state index >= 15 is 0 Å². The van der Waals surface area contributed by atoms with Gasteiger partial charge in [0, 0.05) is 12.9 Å². The second-order valence-corrected chi connectivity index (χ2v) is 4.14. The molecule has 11 heteroatoms. The van der Waals surface area contributed by atoms with E-state index in [1.807, 2.05) is 10.6 Å². The molecule has 22 heavy (non-hydrogen) atoms. The van der Waals surface area contributed by atoms with Crippen LogP contribution < -0.4 is 20.8 Å². The molecule has 0 unspecified atom stereocenters. The van der Waals surface area contributed by atoms with Crippen molar-refractivity contribution in [3.8, 4) is 0 Å². The maximum absolute atomic E-state index is 11.7. The number of carbonyl (C=O) groups excluding carboxylic acids is 4. The topological polar surface area (TPSA) is 176 Å². The van der Waals surface area contributed by atoms with Crippen LogP contribution in [0.3, 0.4) is 0 Å². The minimum Gasteiger partial charge on any atom is -0.550 e. The van der Waals surface area contributed by atoms with Crippen molar-refractivity contribution in [3.05, 3.63) is 0 Å². The van der Waals surface area contributed by atoms with E-state index in [1.54, 1.807) is 0 Å². The van der Waals surface area contributed by atoms with E-state index < -0.39 is 61.1 Å². The molecule has 0 aliphatic heterocycles. The van der Waals surface area contributed by atoms with Crippen molar-refractivity contribution in [1.82, 2.24) is 10.6 Å². The molecule has 3 N–H and O–H groups in total. The minimum absolute atomic E-state index is 0. The van der Waals surface area contributed by atoms with Gasteiger partial charge in [-0.15, -0.1) is 0 Å². The first-order chi connectivity index (χ1) is 9.63. The molecule has 10 nitrogen and oxygen atoms in total. The van der Waals surface area contributed by atoms with E-state index in [4.69, 9.17) is 5.11 Å². The summed E-state index contributed by atoms with van der Waals surface area (Å²) in [6, 6.07) is -3.12. The molecule has 0 heterocycles. The van der Waals surface area contributed by atoms with Crippen LogP contribution in [0.4, 0.5) is 0 Å². The zero-order chi connectivity index (χ0) is 16.6. The normalized spacial score (nSPS) is 12.2. The Labute approximate surface area is 141 Å². The molecule has 0 aromatic rings. The molecular weight excluding hydrogens is 312 g/mol. The number of carboxylic acids is 3. The first kappa shape index (κ1) is 22.4. The minimum atomic E-state index is -1.73. The molecule has 2 amide bonds. The van der Waals surface area contributed by atoms with E-state index in [9.17, 15) is 34.2 Å². The van der Waals surface area contributed by atoms with Gasteiger partial charge in [0.25, 0.3) is 0 Å². The van der Waals surface area contributed by atoms with Gasteiger partial charge in [0.2, 0.25) is 11.8 Å². The van der Waals surface area contributed by atoms with Gasteiger partial charge < -0.3 is 35.5 Å². The van der Waals surface area contributed by atoms with Gasteiger partial charge in [0.05, 0.1) is 18.4 Å². The summed E-state index contributed by atoms with van der Waals surface area (Å²) in [6.45, 7) is 1.05. The number of rotatable bonds is 9. The van der Waals surface area contributed by atoms with Crippen LogP contribution in [-0.4, -0.2) is 70.0 Å². The zero-order valence-corrected chi connectivity index (χ0v) is 13.2. The Morgan fingerprint density at radius 1 is 1.05 bits per heavy atom. The number of carboxylic acid groups (broad SMARTS) is 3. The number of nitrogens with one attached hydrogen (secondary N) is 2. The molecule has 0 rings (SSSR count). The average molecular weight is 327 g/mol. The average Bonchev–Trinajstić information content (AvgIpc) is 2.31. The third-order valence-corrected chi connectivity index (χ3v) is 2.31. The first-order valence-corrected chi connectivity index (χ1v) is 5.83. The smallest absolute Gasteiger partial charge is 0.550 e. The molecule has 0 saturated heterocycles. The van der Waals surface area contributed by atoms with Crippen LogP contribution in [0, 0.1) is 0 Å². The zero-order valence-electron chi connectivity index (χ0n) is 11.8. The van der Waals surface area contributed by atoms with E-state index in [2.05, 4.69) is 0 Å². The van der Waals surface area contributed by atoms with Crippen molar-refractivity contribution in [1.29, 1.82) is 0 Å². The van der Waals surface area contributed by atoms with Crippen molar-refractivity contribution in [2.24, 2.45) is 0 Å². The Morgan fingerprint density at radius 2 is 1.59 bits per heavy atom. The van der Waals surface area contributed by atoms with Crippen LogP contribution in [0.25, 0.3) is 0 Å². The Bertz CT molecular complexity index is 437. The molecular formula is C11H14MgN2O8. The van der Waals surface area contributed by atoms with Gasteiger partial charge in [0.1, 0.15) is 6.04 Å². The number of aliphatic carboxylic acids is 3. The van der Waals surface area contributed by atoms with Crippen LogP contribution in [0.5, 0.6) is 0 Å². The van der Waals surface area contributed by atoms with Gasteiger partial charge in [0.15, 0.2) is 0 Å². The summed E-state index contributed by atoms with van der Waals surface area (Å²) in [5.41, 5.74) is 0. The summed E-state index contributed by atoms with van der Waals surface area (Å²) in [5, 5.41) is 33.6. The predicted octanol–water partition coefficient (Wildman–Crippen LogP) is -4.65. The van der Waals surface area contributed by atoms with Crippen molar-refractivity contribution in [2.45, 2.75) is 38.3 Å². The quantitative estimate of drug-likeness (QED) is 0.354. The maximum Gasteiger partial charge on any atom is 2.00 e. The van der Waals surface area contributed by atoms with Gasteiger partial charge in [-0.2, -0.15) is 0 Å². The maximum atomic E-state index is 11.7. The Balaban J connectivity index is 0. The Morgan fingerprint density at radius 3 is 1.95 bits per heavy atom. The van der Waals surface area contributed by atoms with Crippen molar-refractivity contribution in [2.75, 3.05) is 0 Å². The van der Waals surface area contributed by atoms with Crippen molar-refractivity contribution in [3.63, 3.8) is 0 Å². The molecule has 0 radical (unpaired) electrons.